The zero-order chi connectivity index (χ0) is 12.5. The summed E-state index contributed by atoms with van der Waals surface area (Å²) in [5, 5.41) is 0. The quantitative estimate of drug-likeness (QED) is 0.565. The topological polar surface area (TPSA) is 9.23 Å². The number of rotatable bonds is 5. The molecule has 92 valence electrons. The van der Waals surface area contributed by atoms with Gasteiger partial charge in [-0.1, -0.05) is 37.8 Å². The highest BCUT2D eigenvalue weighted by molar-refractivity contribution is 6.18. The van der Waals surface area contributed by atoms with Crippen LogP contribution in [0.25, 0.3) is 0 Å². The minimum atomic E-state index is 0.573. The van der Waals surface area contributed by atoms with Gasteiger partial charge in [0.2, 0.25) is 0 Å². The third kappa shape index (κ3) is 5.65. The lowest BCUT2D eigenvalue weighted by molar-refractivity contribution is 0.289. The Bertz CT molecular complexity index is 387. The van der Waals surface area contributed by atoms with E-state index in [1.807, 2.05) is 24.3 Å². The third-order valence-corrected chi connectivity index (χ3v) is 2.47. The van der Waals surface area contributed by atoms with Crippen molar-refractivity contribution in [3.05, 3.63) is 29.8 Å². The van der Waals surface area contributed by atoms with Gasteiger partial charge >= 0.3 is 0 Å². The van der Waals surface area contributed by atoms with Gasteiger partial charge in [-0.3, -0.25) is 0 Å². The molecule has 0 bridgehead atoms. The Morgan fingerprint density at radius 1 is 1.29 bits per heavy atom. The van der Waals surface area contributed by atoms with Gasteiger partial charge in [-0.05, 0) is 24.5 Å². The van der Waals surface area contributed by atoms with Crippen LogP contribution in [0.3, 0.4) is 0 Å². The van der Waals surface area contributed by atoms with Crippen molar-refractivity contribution in [3.8, 4) is 17.6 Å². The summed E-state index contributed by atoms with van der Waals surface area (Å²) in [4.78, 5) is 0. The summed E-state index contributed by atoms with van der Waals surface area (Å²) in [6.07, 6.45) is 1.77. The fraction of sp³-hybridized carbons (Fsp3) is 0.467. The maximum Gasteiger partial charge on any atom is 0.134 e. The molecule has 1 rings (SSSR count). The summed E-state index contributed by atoms with van der Waals surface area (Å²) < 4.78 is 5.74. The first-order chi connectivity index (χ1) is 8.24. The summed E-state index contributed by atoms with van der Waals surface area (Å²) in [6, 6.07) is 7.88. The lowest BCUT2D eigenvalue weighted by Gasteiger charge is -2.09. The van der Waals surface area contributed by atoms with Crippen LogP contribution in [0, 0.1) is 17.8 Å². The molecule has 0 aliphatic rings. The number of hydrogen-bond acceptors (Lipinski definition) is 1. The molecule has 0 saturated carbocycles. The molecule has 0 atom stereocenters. The van der Waals surface area contributed by atoms with Crippen LogP contribution < -0.4 is 4.74 Å². The lowest BCUT2D eigenvalue weighted by atomic mass is 10.1. The molecule has 0 radical (unpaired) electrons. The number of halogens is 1. The molecular formula is C15H19ClO. The fourth-order valence-electron chi connectivity index (χ4n) is 1.31. The van der Waals surface area contributed by atoms with Crippen molar-refractivity contribution in [1.29, 1.82) is 0 Å². The molecule has 1 aromatic carbocycles. The third-order valence-electron chi connectivity index (χ3n) is 2.28. The molecule has 17 heavy (non-hydrogen) atoms. The molecule has 0 spiro atoms. The molecule has 2 heteroatoms. The van der Waals surface area contributed by atoms with Crippen LogP contribution >= 0.6 is 11.6 Å². The molecule has 0 saturated heterocycles. The van der Waals surface area contributed by atoms with Crippen molar-refractivity contribution in [3.63, 3.8) is 0 Å². The monoisotopic (exact) mass is 250 g/mol. The molecule has 1 aromatic rings. The minimum absolute atomic E-state index is 0.573. The highest BCUT2D eigenvalue weighted by atomic mass is 35.5. The molecule has 0 aromatic heterocycles. The molecule has 0 heterocycles. The van der Waals surface area contributed by atoms with Gasteiger partial charge in [0.05, 0.1) is 12.2 Å². The van der Waals surface area contributed by atoms with Gasteiger partial charge in [0.25, 0.3) is 0 Å². The van der Waals surface area contributed by atoms with Crippen LogP contribution in [0.1, 0.15) is 32.3 Å². The van der Waals surface area contributed by atoms with E-state index < -0.39 is 0 Å². The van der Waals surface area contributed by atoms with E-state index in [4.69, 9.17) is 16.3 Å². The predicted octanol–water partition coefficient (Wildman–Crippen LogP) is 4.09. The smallest absolute Gasteiger partial charge is 0.134 e. The SMILES string of the molecule is CC(C)CCOc1ccccc1C#CCCCl. The first kappa shape index (κ1) is 13.9. The summed E-state index contributed by atoms with van der Waals surface area (Å²) in [5.41, 5.74) is 0.946. The second-order valence-corrected chi connectivity index (χ2v) is 4.65. The summed E-state index contributed by atoms with van der Waals surface area (Å²) in [6.45, 7) is 5.12. The average molecular weight is 251 g/mol. The molecule has 1 nitrogen and oxygen atoms in total. The lowest BCUT2D eigenvalue weighted by Crippen LogP contribution is -2.02. The molecule has 0 amide bonds. The zero-order valence-corrected chi connectivity index (χ0v) is 11.3. The van der Waals surface area contributed by atoms with Gasteiger partial charge in [-0.15, -0.1) is 11.6 Å². The normalized spacial score (nSPS) is 9.88. The minimum Gasteiger partial charge on any atom is -0.492 e. The van der Waals surface area contributed by atoms with E-state index in [9.17, 15) is 0 Å². The number of para-hydroxylation sites is 1. The molecular weight excluding hydrogens is 232 g/mol. The summed E-state index contributed by atoms with van der Waals surface area (Å²) >= 11 is 5.59. The van der Waals surface area contributed by atoms with Crippen LogP contribution in [0.4, 0.5) is 0 Å². The molecule has 0 aliphatic heterocycles. The van der Waals surface area contributed by atoms with E-state index in [2.05, 4.69) is 25.7 Å². The second-order valence-electron chi connectivity index (χ2n) is 4.27. The van der Waals surface area contributed by atoms with E-state index in [0.29, 0.717) is 18.2 Å². The maximum absolute atomic E-state index is 5.74. The van der Waals surface area contributed by atoms with Gasteiger partial charge < -0.3 is 4.74 Å². The Morgan fingerprint density at radius 2 is 2.06 bits per heavy atom. The molecule has 0 fully saturated rings. The highest BCUT2D eigenvalue weighted by Gasteiger charge is 2.00. The molecule has 0 N–H and O–H groups in total. The van der Waals surface area contributed by atoms with Crippen molar-refractivity contribution >= 4 is 11.6 Å². The predicted molar refractivity (Wildman–Crippen MR) is 73.6 cm³/mol. The maximum atomic E-state index is 5.74. The Kier molecular flexibility index (Phi) is 6.58. The average Bonchev–Trinajstić information content (AvgIpc) is 2.31. The second kappa shape index (κ2) is 8.03. The number of ether oxygens (including phenoxy) is 1. The van der Waals surface area contributed by atoms with Crippen molar-refractivity contribution in [2.45, 2.75) is 26.7 Å². The standard InChI is InChI=1S/C15H19ClO/c1-13(2)10-12-17-15-9-4-3-7-14(15)8-5-6-11-16/h3-4,7,9,13H,6,10-12H2,1-2H3. The summed E-state index contributed by atoms with van der Waals surface area (Å²) in [5.74, 6) is 8.22. The van der Waals surface area contributed by atoms with Crippen molar-refractivity contribution in [1.82, 2.24) is 0 Å². The molecule has 0 aliphatic carbocycles. The Morgan fingerprint density at radius 3 is 2.76 bits per heavy atom. The van der Waals surface area contributed by atoms with E-state index in [1.54, 1.807) is 0 Å². The van der Waals surface area contributed by atoms with E-state index >= 15 is 0 Å². The van der Waals surface area contributed by atoms with Crippen molar-refractivity contribution in [2.75, 3.05) is 12.5 Å². The van der Waals surface area contributed by atoms with Gasteiger partial charge in [0.15, 0.2) is 0 Å². The van der Waals surface area contributed by atoms with Crippen LogP contribution in [0.5, 0.6) is 5.75 Å². The zero-order valence-electron chi connectivity index (χ0n) is 10.5. The molecule has 0 unspecified atom stereocenters. The Hall–Kier alpha value is -1.13. The van der Waals surface area contributed by atoms with Gasteiger partial charge in [-0.25, -0.2) is 0 Å². The first-order valence-corrected chi connectivity index (χ1v) is 6.54. The van der Waals surface area contributed by atoms with Crippen LogP contribution in [0.15, 0.2) is 24.3 Å². The largest absolute Gasteiger partial charge is 0.492 e. The van der Waals surface area contributed by atoms with Crippen molar-refractivity contribution < 1.29 is 4.74 Å². The fourth-order valence-corrected chi connectivity index (χ4v) is 1.40. The Balaban J connectivity index is 2.62. The van der Waals surface area contributed by atoms with E-state index in [1.165, 1.54) is 0 Å². The summed E-state index contributed by atoms with van der Waals surface area (Å²) in [7, 11) is 0. The van der Waals surface area contributed by atoms with Crippen LogP contribution in [-0.2, 0) is 0 Å². The first-order valence-electron chi connectivity index (χ1n) is 6.00. The van der Waals surface area contributed by atoms with Gasteiger partial charge in [0.1, 0.15) is 5.75 Å². The van der Waals surface area contributed by atoms with Crippen molar-refractivity contribution in [2.24, 2.45) is 5.92 Å². The van der Waals surface area contributed by atoms with E-state index in [0.717, 1.165) is 24.3 Å². The Labute approximate surface area is 109 Å². The van der Waals surface area contributed by atoms with Crippen LogP contribution in [0.2, 0.25) is 0 Å². The van der Waals surface area contributed by atoms with Gasteiger partial charge in [-0.2, -0.15) is 0 Å². The number of alkyl halides is 1. The van der Waals surface area contributed by atoms with E-state index in [-0.39, 0.29) is 0 Å². The van der Waals surface area contributed by atoms with Gasteiger partial charge in [0, 0.05) is 12.3 Å². The number of hydrogen-bond donors (Lipinski definition) is 0. The highest BCUT2D eigenvalue weighted by Crippen LogP contribution is 2.17. The van der Waals surface area contributed by atoms with Crippen LogP contribution in [-0.4, -0.2) is 12.5 Å². The number of benzene rings is 1.